The number of aromatic nitrogens is 2. The number of esters is 1. The topological polar surface area (TPSA) is 73.8 Å². The zero-order chi connectivity index (χ0) is 14.5. The summed E-state index contributed by atoms with van der Waals surface area (Å²) >= 11 is 0. The van der Waals surface area contributed by atoms with Gasteiger partial charge in [0.05, 0.1) is 26.4 Å². The van der Waals surface area contributed by atoms with Gasteiger partial charge in [0.15, 0.2) is 6.04 Å². The number of morpholine rings is 1. The van der Waals surface area contributed by atoms with Crippen LogP contribution in [0.25, 0.3) is 0 Å². The Bertz CT molecular complexity index is 467. The lowest BCUT2D eigenvalue weighted by Crippen LogP contribution is -2.51. The molecule has 1 aliphatic rings. The lowest BCUT2D eigenvalue weighted by Gasteiger charge is -2.34. The molecule has 0 radical (unpaired) electrons. The molecule has 1 saturated heterocycles. The predicted octanol–water partition coefficient (Wildman–Crippen LogP) is 0.642. The number of ether oxygens (including phenoxy) is 3. The van der Waals surface area contributed by atoms with Crippen molar-refractivity contribution in [3.8, 4) is 5.88 Å². The molecule has 1 unspecified atom stereocenters. The molecule has 0 amide bonds. The number of carbonyl (C=O) groups is 1. The molecule has 1 fully saturated rings. The van der Waals surface area contributed by atoms with Crippen LogP contribution < -0.4 is 9.64 Å². The van der Waals surface area contributed by atoms with Crippen molar-refractivity contribution in [2.24, 2.45) is 0 Å². The number of rotatable bonds is 4. The minimum atomic E-state index is -0.490. The van der Waals surface area contributed by atoms with Crippen molar-refractivity contribution in [2.75, 3.05) is 31.8 Å². The van der Waals surface area contributed by atoms with E-state index in [4.69, 9.17) is 14.2 Å². The van der Waals surface area contributed by atoms with Crippen LogP contribution in [0.4, 0.5) is 5.82 Å². The Morgan fingerprint density at radius 1 is 1.50 bits per heavy atom. The summed E-state index contributed by atoms with van der Waals surface area (Å²) in [5.41, 5.74) is 0. The van der Waals surface area contributed by atoms with E-state index in [1.54, 1.807) is 6.07 Å². The second-order valence-corrected chi connectivity index (χ2v) is 4.69. The molecule has 2 rings (SSSR count). The molecule has 110 valence electrons. The maximum absolute atomic E-state index is 11.8. The molecular formula is C13H19N3O4. The zero-order valence-electron chi connectivity index (χ0n) is 11.9. The molecule has 1 aromatic heterocycles. The molecule has 7 heteroatoms. The van der Waals surface area contributed by atoms with Gasteiger partial charge in [0, 0.05) is 12.6 Å². The molecule has 0 aromatic carbocycles. The number of hydrogen-bond acceptors (Lipinski definition) is 7. The normalized spacial score (nSPS) is 19.0. The first-order valence-corrected chi connectivity index (χ1v) is 6.52. The smallest absolute Gasteiger partial charge is 0.330 e. The van der Waals surface area contributed by atoms with E-state index in [2.05, 4.69) is 9.97 Å². The Kier molecular flexibility index (Phi) is 4.73. The van der Waals surface area contributed by atoms with E-state index in [0.29, 0.717) is 24.8 Å². The van der Waals surface area contributed by atoms with Crippen LogP contribution in [0.3, 0.4) is 0 Å². The van der Waals surface area contributed by atoms with Gasteiger partial charge in [-0.25, -0.2) is 14.8 Å². The monoisotopic (exact) mass is 281 g/mol. The van der Waals surface area contributed by atoms with E-state index in [-0.39, 0.29) is 18.7 Å². The van der Waals surface area contributed by atoms with Gasteiger partial charge in [-0.2, -0.15) is 0 Å². The Labute approximate surface area is 117 Å². The molecule has 0 spiro atoms. The fourth-order valence-corrected chi connectivity index (χ4v) is 2.00. The Morgan fingerprint density at radius 2 is 2.30 bits per heavy atom. The lowest BCUT2D eigenvalue weighted by atomic mass is 10.2. The van der Waals surface area contributed by atoms with Gasteiger partial charge in [-0.3, -0.25) is 0 Å². The molecule has 0 N–H and O–H groups in total. The minimum Gasteiger partial charge on any atom is -0.475 e. The molecule has 20 heavy (non-hydrogen) atoms. The molecule has 2 heterocycles. The highest BCUT2D eigenvalue weighted by Gasteiger charge is 2.31. The van der Waals surface area contributed by atoms with Crippen molar-refractivity contribution >= 4 is 11.8 Å². The summed E-state index contributed by atoms with van der Waals surface area (Å²) in [4.78, 5) is 21.9. The van der Waals surface area contributed by atoms with Gasteiger partial charge in [-0.1, -0.05) is 0 Å². The van der Waals surface area contributed by atoms with Crippen LogP contribution in [0.5, 0.6) is 5.88 Å². The zero-order valence-corrected chi connectivity index (χ0v) is 11.9. The van der Waals surface area contributed by atoms with Gasteiger partial charge in [-0.15, -0.1) is 0 Å². The molecule has 1 aliphatic heterocycles. The Hall–Kier alpha value is -1.89. The number of carbonyl (C=O) groups excluding carboxylic acids is 1. The van der Waals surface area contributed by atoms with Crippen LogP contribution in [0, 0.1) is 0 Å². The summed E-state index contributed by atoms with van der Waals surface area (Å²) in [6.45, 7) is 5.24. The van der Waals surface area contributed by atoms with Crippen molar-refractivity contribution in [1.29, 1.82) is 0 Å². The summed E-state index contributed by atoms with van der Waals surface area (Å²) in [5.74, 6) is 0.782. The average molecular weight is 281 g/mol. The fourth-order valence-electron chi connectivity index (χ4n) is 2.00. The third-order valence-electron chi connectivity index (χ3n) is 2.88. The molecule has 0 aliphatic carbocycles. The van der Waals surface area contributed by atoms with Gasteiger partial charge in [0.25, 0.3) is 0 Å². The highest BCUT2D eigenvalue weighted by Crippen LogP contribution is 2.21. The van der Waals surface area contributed by atoms with Gasteiger partial charge in [-0.05, 0) is 13.8 Å². The van der Waals surface area contributed by atoms with Crippen molar-refractivity contribution in [2.45, 2.75) is 26.0 Å². The first-order valence-electron chi connectivity index (χ1n) is 6.52. The quantitative estimate of drug-likeness (QED) is 0.750. The summed E-state index contributed by atoms with van der Waals surface area (Å²) in [6, 6.07) is 1.23. The number of anilines is 1. The highest BCUT2D eigenvalue weighted by atomic mass is 16.5. The summed E-state index contributed by atoms with van der Waals surface area (Å²) < 4.78 is 15.7. The molecule has 1 aromatic rings. The largest absolute Gasteiger partial charge is 0.475 e. The Balaban J connectivity index is 2.21. The second-order valence-electron chi connectivity index (χ2n) is 4.69. The van der Waals surface area contributed by atoms with Crippen LogP contribution in [0.15, 0.2) is 12.4 Å². The van der Waals surface area contributed by atoms with E-state index in [1.165, 1.54) is 13.4 Å². The van der Waals surface area contributed by atoms with E-state index in [1.807, 2.05) is 18.7 Å². The third-order valence-corrected chi connectivity index (χ3v) is 2.88. The van der Waals surface area contributed by atoms with E-state index in [0.717, 1.165) is 0 Å². The second kappa shape index (κ2) is 6.51. The molecular weight excluding hydrogens is 262 g/mol. The third kappa shape index (κ3) is 3.36. The first-order chi connectivity index (χ1) is 9.61. The lowest BCUT2D eigenvalue weighted by molar-refractivity contribution is -0.144. The first kappa shape index (κ1) is 14.5. The van der Waals surface area contributed by atoms with Crippen molar-refractivity contribution in [3.05, 3.63) is 12.4 Å². The van der Waals surface area contributed by atoms with Crippen molar-refractivity contribution in [1.82, 2.24) is 9.97 Å². The van der Waals surface area contributed by atoms with Crippen molar-refractivity contribution < 1.29 is 19.0 Å². The molecule has 1 atom stereocenters. The van der Waals surface area contributed by atoms with Crippen LogP contribution >= 0.6 is 0 Å². The Morgan fingerprint density at radius 3 is 3.00 bits per heavy atom. The van der Waals surface area contributed by atoms with Crippen molar-refractivity contribution in [3.63, 3.8) is 0 Å². The summed E-state index contributed by atoms with van der Waals surface area (Å²) in [7, 11) is 1.36. The SMILES string of the molecule is COC(=O)C1COCCN1c1cc(OC(C)C)ncn1. The maximum Gasteiger partial charge on any atom is 0.330 e. The van der Waals surface area contributed by atoms with E-state index < -0.39 is 6.04 Å². The molecule has 7 nitrogen and oxygen atoms in total. The van der Waals surface area contributed by atoms with Crippen LogP contribution in [0.2, 0.25) is 0 Å². The van der Waals surface area contributed by atoms with Gasteiger partial charge >= 0.3 is 5.97 Å². The predicted molar refractivity (Wildman–Crippen MR) is 71.8 cm³/mol. The number of nitrogens with zero attached hydrogens (tertiary/aromatic N) is 3. The summed E-state index contributed by atoms with van der Waals surface area (Å²) in [5, 5.41) is 0. The minimum absolute atomic E-state index is 0.0267. The van der Waals surface area contributed by atoms with Crippen LogP contribution in [-0.2, 0) is 14.3 Å². The van der Waals surface area contributed by atoms with Gasteiger partial charge < -0.3 is 19.1 Å². The standard InChI is InChI=1S/C13H19N3O4/c1-9(2)20-12-6-11(14-8-15-12)16-4-5-19-7-10(16)13(17)18-3/h6,8-10H,4-5,7H2,1-3H3. The van der Waals surface area contributed by atoms with Gasteiger partial charge in [0.2, 0.25) is 5.88 Å². The molecule has 0 bridgehead atoms. The fraction of sp³-hybridized carbons (Fsp3) is 0.615. The molecule has 0 saturated carbocycles. The number of hydrogen-bond donors (Lipinski definition) is 0. The van der Waals surface area contributed by atoms with E-state index in [9.17, 15) is 4.79 Å². The number of methoxy groups -OCH3 is 1. The highest BCUT2D eigenvalue weighted by molar-refractivity contribution is 5.80. The van der Waals surface area contributed by atoms with Crippen LogP contribution in [-0.4, -0.2) is 55.0 Å². The van der Waals surface area contributed by atoms with Crippen LogP contribution in [0.1, 0.15) is 13.8 Å². The maximum atomic E-state index is 11.8. The van der Waals surface area contributed by atoms with E-state index >= 15 is 0 Å². The summed E-state index contributed by atoms with van der Waals surface area (Å²) in [6.07, 6.45) is 1.45. The average Bonchev–Trinajstić information content (AvgIpc) is 2.46. The van der Waals surface area contributed by atoms with Gasteiger partial charge in [0.1, 0.15) is 12.1 Å².